The van der Waals surface area contributed by atoms with Gasteiger partial charge in [-0.2, -0.15) is 0 Å². The lowest BCUT2D eigenvalue weighted by Gasteiger charge is -2.00. The number of aromatic nitrogens is 2. The molecule has 1 rings (SSSR count). The molecule has 0 radical (unpaired) electrons. The van der Waals surface area contributed by atoms with Gasteiger partial charge in [-0.05, 0) is 6.42 Å². The van der Waals surface area contributed by atoms with Crippen LogP contribution >= 0.6 is 0 Å². The van der Waals surface area contributed by atoms with E-state index in [4.69, 9.17) is 6.42 Å². The fourth-order valence-corrected chi connectivity index (χ4v) is 0.979. The van der Waals surface area contributed by atoms with Gasteiger partial charge in [-0.1, -0.05) is 0 Å². The summed E-state index contributed by atoms with van der Waals surface area (Å²) in [6, 6.07) is 0. The lowest BCUT2D eigenvalue weighted by atomic mass is 10.3. The molecule has 62 valence electrons. The highest BCUT2D eigenvalue weighted by Crippen LogP contribution is 1.98. The van der Waals surface area contributed by atoms with Crippen molar-refractivity contribution in [3.8, 4) is 12.3 Å². The summed E-state index contributed by atoms with van der Waals surface area (Å²) in [5.74, 6) is 3.01. The van der Waals surface area contributed by atoms with Gasteiger partial charge in [0.2, 0.25) is 0 Å². The van der Waals surface area contributed by atoms with E-state index in [1.807, 2.05) is 0 Å². The summed E-state index contributed by atoms with van der Waals surface area (Å²) < 4.78 is 1.80. The van der Waals surface area contributed by atoms with Crippen LogP contribution in [0.3, 0.4) is 0 Å². The Kier molecular flexibility index (Phi) is 3.09. The van der Waals surface area contributed by atoms with Gasteiger partial charge in [0.05, 0.1) is 0 Å². The molecular formula is C9H10N2O. The zero-order chi connectivity index (χ0) is 8.81. The van der Waals surface area contributed by atoms with E-state index < -0.39 is 0 Å². The largest absolute Gasteiger partial charge is 0.329 e. The van der Waals surface area contributed by atoms with E-state index in [9.17, 15) is 4.79 Å². The van der Waals surface area contributed by atoms with E-state index in [0.29, 0.717) is 5.82 Å². The van der Waals surface area contributed by atoms with Crippen molar-refractivity contribution in [3.05, 3.63) is 18.2 Å². The van der Waals surface area contributed by atoms with Crippen LogP contribution in [0.2, 0.25) is 0 Å². The van der Waals surface area contributed by atoms with Crippen molar-refractivity contribution in [1.29, 1.82) is 0 Å². The van der Waals surface area contributed by atoms with Crippen LogP contribution in [0.5, 0.6) is 0 Å². The molecule has 1 aromatic rings. The van der Waals surface area contributed by atoms with Crippen LogP contribution in [-0.4, -0.2) is 15.8 Å². The van der Waals surface area contributed by atoms with Crippen LogP contribution < -0.4 is 0 Å². The molecule has 0 aliphatic carbocycles. The molecule has 0 atom stereocenters. The highest BCUT2D eigenvalue weighted by molar-refractivity contribution is 5.69. The summed E-state index contributed by atoms with van der Waals surface area (Å²) in [5, 5.41) is 0. The Bertz CT molecular complexity index is 296. The molecule has 0 N–H and O–H groups in total. The van der Waals surface area contributed by atoms with Gasteiger partial charge in [0.15, 0.2) is 12.1 Å². The molecule has 0 bridgehead atoms. The van der Waals surface area contributed by atoms with E-state index in [1.165, 1.54) is 0 Å². The molecular weight excluding hydrogens is 152 g/mol. The summed E-state index contributed by atoms with van der Waals surface area (Å²) in [6.07, 6.45) is 10.8. The number of terminal acetylenes is 1. The first-order valence-electron chi connectivity index (χ1n) is 3.78. The Morgan fingerprint density at radius 3 is 3.25 bits per heavy atom. The zero-order valence-corrected chi connectivity index (χ0v) is 6.73. The standard InChI is InChI=1S/C9H10N2O/c1-2-3-4-6-11-7-5-10-9(11)8-12/h1,5,7-8H,3-4,6H2. The monoisotopic (exact) mass is 162 g/mol. The third kappa shape index (κ3) is 1.96. The molecule has 0 aliphatic heterocycles. The van der Waals surface area contributed by atoms with Crippen molar-refractivity contribution in [3.63, 3.8) is 0 Å². The van der Waals surface area contributed by atoms with Crippen LogP contribution in [0.4, 0.5) is 0 Å². The molecule has 1 aromatic heterocycles. The average molecular weight is 162 g/mol. The second-order valence-electron chi connectivity index (χ2n) is 2.40. The molecule has 0 saturated carbocycles. The number of hydrogen-bond acceptors (Lipinski definition) is 2. The maximum atomic E-state index is 10.4. The first kappa shape index (κ1) is 8.54. The normalized spacial score (nSPS) is 9.25. The van der Waals surface area contributed by atoms with Crippen LogP contribution in [0, 0.1) is 12.3 Å². The molecule has 0 spiro atoms. The Morgan fingerprint density at radius 1 is 1.75 bits per heavy atom. The predicted octanol–water partition coefficient (Wildman–Crippen LogP) is 1.11. The smallest absolute Gasteiger partial charge is 0.185 e. The number of rotatable bonds is 4. The number of aldehydes is 1. The molecule has 1 heterocycles. The Morgan fingerprint density at radius 2 is 2.58 bits per heavy atom. The molecule has 3 nitrogen and oxygen atoms in total. The third-order valence-corrected chi connectivity index (χ3v) is 1.57. The second kappa shape index (κ2) is 4.35. The average Bonchev–Trinajstić information content (AvgIpc) is 2.52. The van der Waals surface area contributed by atoms with Crippen molar-refractivity contribution in [1.82, 2.24) is 9.55 Å². The molecule has 0 aliphatic rings. The number of aryl methyl sites for hydroxylation is 1. The highest BCUT2D eigenvalue weighted by Gasteiger charge is 1.98. The topological polar surface area (TPSA) is 34.9 Å². The number of nitrogens with zero attached hydrogens (tertiary/aromatic N) is 2. The lowest BCUT2D eigenvalue weighted by Crippen LogP contribution is -2.01. The number of hydrogen-bond donors (Lipinski definition) is 0. The summed E-state index contributed by atoms with van der Waals surface area (Å²) in [5.41, 5.74) is 0. The molecule has 3 heteroatoms. The van der Waals surface area contributed by atoms with Gasteiger partial charge in [-0.25, -0.2) is 4.98 Å². The summed E-state index contributed by atoms with van der Waals surface area (Å²) >= 11 is 0. The SMILES string of the molecule is C#CCCCn1ccnc1C=O. The molecule has 0 fully saturated rings. The van der Waals surface area contributed by atoms with Crippen molar-refractivity contribution in [2.24, 2.45) is 0 Å². The van der Waals surface area contributed by atoms with E-state index in [2.05, 4.69) is 10.9 Å². The van der Waals surface area contributed by atoms with Crippen LogP contribution in [0.25, 0.3) is 0 Å². The maximum Gasteiger partial charge on any atom is 0.185 e. The van der Waals surface area contributed by atoms with Crippen molar-refractivity contribution in [2.75, 3.05) is 0 Å². The molecule has 0 aromatic carbocycles. The molecule has 0 saturated heterocycles. The van der Waals surface area contributed by atoms with Gasteiger partial charge in [-0.15, -0.1) is 12.3 Å². The van der Waals surface area contributed by atoms with Crippen LogP contribution in [-0.2, 0) is 6.54 Å². The Hall–Kier alpha value is -1.56. The highest BCUT2D eigenvalue weighted by atomic mass is 16.1. The quantitative estimate of drug-likeness (QED) is 0.377. The van der Waals surface area contributed by atoms with Crippen molar-refractivity contribution >= 4 is 6.29 Å². The number of carbonyl (C=O) groups is 1. The molecule has 0 amide bonds. The van der Waals surface area contributed by atoms with Crippen molar-refractivity contribution in [2.45, 2.75) is 19.4 Å². The first-order chi connectivity index (χ1) is 5.88. The first-order valence-corrected chi connectivity index (χ1v) is 3.78. The minimum absolute atomic E-state index is 0.465. The number of imidazole rings is 1. The summed E-state index contributed by atoms with van der Waals surface area (Å²) in [6.45, 7) is 0.762. The van der Waals surface area contributed by atoms with Crippen LogP contribution in [0.1, 0.15) is 23.5 Å². The number of carbonyl (C=O) groups excluding carboxylic acids is 1. The Labute approximate surface area is 71.4 Å². The minimum Gasteiger partial charge on any atom is -0.329 e. The van der Waals surface area contributed by atoms with Gasteiger partial charge in [-0.3, -0.25) is 4.79 Å². The summed E-state index contributed by atoms with van der Waals surface area (Å²) in [7, 11) is 0. The minimum atomic E-state index is 0.465. The predicted molar refractivity (Wildman–Crippen MR) is 45.7 cm³/mol. The lowest BCUT2D eigenvalue weighted by molar-refractivity contribution is 0.111. The van der Waals surface area contributed by atoms with Gasteiger partial charge in [0.25, 0.3) is 0 Å². The number of unbranched alkanes of at least 4 members (excludes halogenated alkanes) is 1. The Balaban J connectivity index is 2.51. The van der Waals surface area contributed by atoms with Gasteiger partial charge >= 0.3 is 0 Å². The molecule has 0 unspecified atom stereocenters. The van der Waals surface area contributed by atoms with Gasteiger partial charge in [0.1, 0.15) is 0 Å². The van der Waals surface area contributed by atoms with E-state index in [-0.39, 0.29) is 0 Å². The van der Waals surface area contributed by atoms with Gasteiger partial charge in [0, 0.05) is 25.4 Å². The zero-order valence-electron chi connectivity index (χ0n) is 6.73. The van der Waals surface area contributed by atoms with Gasteiger partial charge < -0.3 is 4.57 Å². The fraction of sp³-hybridized carbons (Fsp3) is 0.333. The molecule has 12 heavy (non-hydrogen) atoms. The van der Waals surface area contributed by atoms with Crippen LogP contribution in [0.15, 0.2) is 12.4 Å². The van der Waals surface area contributed by atoms with E-state index >= 15 is 0 Å². The van der Waals surface area contributed by atoms with E-state index in [1.54, 1.807) is 17.0 Å². The maximum absolute atomic E-state index is 10.4. The second-order valence-corrected chi connectivity index (χ2v) is 2.40. The fourth-order valence-electron chi connectivity index (χ4n) is 0.979. The van der Waals surface area contributed by atoms with Crippen molar-refractivity contribution < 1.29 is 4.79 Å². The summed E-state index contributed by atoms with van der Waals surface area (Å²) in [4.78, 5) is 14.3. The van der Waals surface area contributed by atoms with E-state index in [0.717, 1.165) is 25.7 Å². The third-order valence-electron chi connectivity index (χ3n) is 1.57.